The maximum Gasteiger partial charge on any atom is 0.234 e. The SMILES string of the molecule is NNC(=O)CCc1ccccc1O. The first kappa shape index (κ1) is 9.54. The van der Waals surface area contributed by atoms with Crippen molar-refractivity contribution in [3.05, 3.63) is 29.8 Å². The fourth-order valence-corrected chi connectivity index (χ4v) is 1.04. The van der Waals surface area contributed by atoms with Crippen LogP contribution in [0, 0.1) is 0 Å². The predicted octanol–water partition coefficient (Wildman–Crippen LogP) is 0.315. The van der Waals surface area contributed by atoms with Gasteiger partial charge in [0, 0.05) is 6.42 Å². The minimum absolute atomic E-state index is 0.215. The van der Waals surface area contributed by atoms with Crippen molar-refractivity contribution in [2.45, 2.75) is 12.8 Å². The zero-order chi connectivity index (χ0) is 9.68. The number of hydrazine groups is 1. The Balaban J connectivity index is 2.54. The number of hydrogen-bond acceptors (Lipinski definition) is 3. The Morgan fingerprint density at radius 3 is 2.77 bits per heavy atom. The molecule has 4 nitrogen and oxygen atoms in total. The van der Waals surface area contributed by atoms with Crippen molar-refractivity contribution >= 4 is 5.91 Å². The molecule has 0 aliphatic carbocycles. The van der Waals surface area contributed by atoms with E-state index in [1.165, 1.54) is 0 Å². The summed E-state index contributed by atoms with van der Waals surface area (Å²) in [7, 11) is 0. The van der Waals surface area contributed by atoms with Gasteiger partial charge in [-0.05, 0) is 18.1 Å². The number of amides is 1. The van der Waals surface area contributed by atoms with Crippen LogP contribution in [0.5, 0.6) is 5.75 Å². The van der Waals surface area contributed by atoms with Crippen molar-refractivity contribution < 1.29 is 9.90 Å². The van der Waals surface area contributed by atoms with E-state index >= 15 is 0 Å². The Labute approximate surface area is 76.3 Å². The number of rotatable bonds is 3. The number of phenolic OH excluding ortho intramolecular Hbond substituents is 1. The fraction of sp³-hybridized carbons (Fsp3) is 0.222. The van der Waals surface area contributed by atoms with Gasteiger partial charge in [-0.3, -0.25) is 10.2 Å². The van der Waals surface area contributed by atoms with Gasteiger partial charge in [0.25, 0.3) is 0 Å². The number of carbonyl (C=O) groups excluding carboxylic acids is 1. The summed E-state index contributed by atoms with van der Waals surface area (Å²) >= 11 is 0. The van der Waals surface area contributed by atoms with E-state index in [9.17, 15) is 9.90 Å². The Hall–Kier alpha value is -1.55. The molecule has 70 valence electrons. The van der Waals surface area contributed by atoms with Gasteiger partial charge in [0.1, 0.15) is 5.75 Å². The van der Waals surface area contributed by atoms with Crippen LogP contribution in [0.4, 0.5) is 0 Å². The number of nitrogens with two attached hydrogens (primary N) is 1. The maximum absolute atomic E-state index is 10.8. The number of para-hydroxylation sites is 1. The molecule has 1 rings (SSSR count). The largest absolute Gasteiger partial charge is 0.508 e. The summed E-state index contributed by atoms with van der Waals surface area (Å²) in [5.41, 5.74) is 2.79. The molecule has 0 aliphatic rings. The van der Waals surface area contributed by atoms with E-state index in [2.05, 4.69) is 0 Å². The maximum atomic E-state index is 10.8. The van der Waals surface area contributed by atoms with Crippen LogP contribution in [0.1, 0.15) is 12.0 Å². The van der Waals surface area contributed by atoms with Crippen molar-refractivity contribution in [2.24, 2.45) is 5.84 Å². The molecule has 0 fully saturated rings. The normalized spacial score (nSPS) is 9.62. The molecule has 1 aromatic carbocycles. The van der Waals surface area contributed by atoms with E-state index in [1.54, 1.807) is 18.2 Å². The van der Waals surface area contributed by atoms with Crippen LogP contribution >= 0.6 is 0 Å². The lowest BCUT2D eigenvalue weighted by molar-refractivity contribution is -0.121. The molecule has 4 heteroatoms. The molecule has 0 aliphatic heterocycles. The Morgan fingerprint density at radius 2 is 2.15 bits per heavy atom. The number of nitrogens with one attached hydrogen (secondary N) is 1. The third-order valence-electron chi connectivity index (χ3n) is 1.77. The van der Waals surface area contributed by atoms with Crippen LogP contribution < -0.4 is 11.3 Å². The number of phenols is 1. The molecule has 0 aromatic heterocycles. The summed E-state index contributed by atoms with van der Waals surface area (Å²) in [4.78, 5) is 10.8. The second-order valence-electron chi connectivity index (χ2n) is 2.70. The highest BCUT2D eigenvalue weighted by Crippen LogP contribution is 2.16. The average molecular weight is 180 g/mol. The Morgan fingerprint density at radius 1 is 1.46 bits per heavy atom. The lowest BCUT2D eigenvalue weighted by atomic mass is 10.1. The second kappa shape index (κ2) is 4.47. The molecular weight excluding hydrogens is 168 g/mol. The summed E-state index contributed by atoms with van der Waals surface area (Å²) < 4.78 is 0. The van der Waals surface area contributed by atoms with Gasteiger partial charge in [-0.25, -0.2) is 5.84 Å². The van der Waals surface area contributed by atoms with Crippen LogP contribution in [0.25, 0.3) is 0 Å². The molecular formula is C9H12N2O2. The zero-order valence-electron chi connectivity index (χ0n) is 7.16. The lowest BCUT2D eigenvalue weighted by Crippen LogP contribution is -2.30. The van der Waals surface area contributed by atoms with Crippen LogP contribution in [0.15, 0.2) is 24.3 Å². The van der Waals surface area contributed by atoms with E-state index in [0.717, 1.165) is 5.56 Å². The fourth-order valence-electron chi connectivity index (χ4n) is 1.04. The Bertz CT molecular complexity index is 299. The van der Waals surface area contributed by atoms with Gasteiger partial charge in [0.15, 0.2) is 0 Å². The molecule has 4 N–H and O–H groups in total. The molecule has 0 bridgehead atoms. The van der Waals surface area contributed by atoms with Gasteiger partial charge in [0.05, 0.1) is 0 Å². The van der Waals surface area contributed by atoms with E-state index in [-0.39, 0.29) is 18.1 Å². The van der Waals surface area contributed by atoms with Gasteiger partial charge in [-0.1, -0.05) is 18.2 Å². The van der Waals surface area contributed by atoms with Crippen molar-refractivity contribution in [1.29, 1.82) is 0 Å². The molecule has 0 heterocycles. The lowest BCUT2D eigenvalue weighted by Gasteiger charge is -2.02. The second-order valence-corrected chi connectivity index (χ2v) is 2.70. The van der Waals surface area contributed by atoms with Gasteiger partial charge in [-0.15, -0.1) is 0 Å². The highest BCUT2D eigenvalue weighted by Gasteiger charge is 2.02. The minimum Gasteiger partial charge on any atom is -0.508 e. The number of aromatic hydroxyl groups is 1. The third kappa shape index (κ3) is 2.76. The molecule has 0 unspecified atom stereocenters. The van der Waals surface area contributed by atoms with Gasteiger partial charge in [-0.2, -0.15) is 0 Å². The summed E-state index contributed by atoms with van der Waals surface area (Å²) in [6.45, 7) is 0. The average Bonchev–Trinajstić information content (AvgIpc) is 2.16. The topological polar surface area (TPSA) is 75.3 Å². The van der Waals surface area contributed by atoms with E-state index in [0.29, 0.717) is 6.42 Å². The van der Waals surface area contributed by atoms with Crippen LogP contribution in [-0.4, -0.2) is 11.0 Å². The quantitative estimate of drug-likeness (QED) is 0.356. The summed E-state index contributed by atoms with van der Waals surface area (Å²) in [5.74, 6) is 4.89. The first-order valence-corrected chi connectivity index (χ1v) is 4.00. The third-order valence-corrected chi connectivity index (χ3v) is 1.77. The van der Waals surface area contributed by atoms with Crippen LogP contribution in [0.3, 0.4) is 0 Å². The summed E-state index contributed by atoms with van der Waals surface area (Å²) in [6.07, 6.45) is 0.782. The highest BCUT2D eigenvalue weighted by molar-refractivity contribution is 5.75. The summed E-state index contributed by atoms with van der Waals surface area (Å²) in [5, 5.41) is 9.33. The van der Waals surface area contributed by atoms with Gasteiger partial charge >= 0.3 is 0 Å². The molecule has 13 heavy (non-hydrogen) atoms. The van der Waals surface area contributed by atoms with Crippen molar-refractivity contribution in [3.63, 3.8) is 0 Å². The smallest absolute Gasteiger partial charge is 0.234 e. The van der Waals surface area contributed by atoms with Gasteiger partial charge in [0.2, 0.25) is 5.91 Å². The monoisotopic (exact) mass is 180 g/mol. The van der Waals surface area contributed by atoms with Crippen molar-refractivity contribution in [3.8, 4) is 5.75 Å². The van der Waals surface area contributed by atoms with Gasteiger partial charge < -0.3 is 5.11 Å². The van der Waals surface area contributed by atoms with Crippen LogP contribution in [0.2, 0.25) is 0 Å². The molecule has 0 radical (unpaired) electrons. The molecule has 1 amide bonds. The molecule has 0 saturated heterocycles. The molecule has 1 aromatic rings. The van der Waals surface area contributed by atoms with Crippen LogP contribution in [-0.2, 0) is 11.2 Å². The molecule has 0 spiro atoms. The first-order chi connectivity index (χ1) is 6.24. The predicted molar refractivity (Wildman–Crippen MR) is 48.8 cm³/mol. The molecule has 0 atom stereocenters. The first-order valence-electron chi connectivity index (χ1n) is 4.00. The van der Waals surface area contributed by atoms with Crippen molar-refractivity contribution in [1.82, 2.24) is 5.43 Å². The number of benzene rings is 1. The highest BCUT2D eigenvalue weighted by atomic mass is 16.3. The standard InChI is InChI=1S/C9H12N2O2/c10-11-9(13)6-5-7-3-1-2-4-8(7)12/h1-4,12H,5-6,10H2,(H,11,13). The molecule has 0 saturated carbocycles. The number of hydrogen-bond donors (Lipinski definition) is 3. The zero-order valence-corrected chi connectivity index (χ0v) is 7.16. The van der Waals surface area contributed by atoms with E-state index in [4.69, 9.17) is 5.84 Å². The number of carbonyl (C=O) groups is 1. The number of aryl methyl sites for hydroxylation is 1. The van der Waals surface area contributed by atoms with E-state index in [1.807, 2.05) is 11.5 Å². The van der Waals surface area contributed by atoms with E-state index < -0.39 is 0 Å². The Kier molecular flexibility index (Phi) is 3.28. The minimum atomic E-state index is -0.233. The van der Waals surface area contributed by atoms with Crippen molar-refractivity contribution in [2.75, 3.05) is 0 Å². The summed E-state index contributed by atoms with van der Waals surface area (Å²) in [6, 6.07) is 6.92.